The number of benzene rings is 4. The summed E-state index contributed by atoms with van der Waals surface area (Å²) in [6.07, 6.45) is 28.4. The number of anilines is 2. The van der Waals surface area contributed by atoms with E-state index in [0.29, 0.717) is 33.6 Å². The first-order valence-electron chi connectivity index (χ1n) is 21.9. The van der Waals surface area contributed by atoms with Crippen LogP contribution in [0.15, 0.2) is 92.4 Å². The zero-order valence-electron chi connectivity index (χ0n) is 34.3. The molecule has 300 valence electrons. The molecule has 0 fully saturated rings. The van der Waals surface area contributed by atoms with Crippen molar-refractivity contribution in [3.05, 3.63) is 106 Å². The second-order valence-corrected chi connectivity index (χ2v) is 18.0. The first-order chi connectivity index (χ1) is 27.4. The summed E-state index contributed by atoms with van der Waals surface area (Å²) in [6, 6.07) is 23.7. The summed E-state index contributed by atoms with van der Waals surface area (Å²) >= 11 is 2.93. The Bertz CT molecular complexity index is 1740. The van der Waals surface area contributed by atoms with Crippen LogP contribution in [0.25, 0.3) is 0 Å². The van der Waals surface area contributed by atoms with E-state index in [4.69, 9.17) is 11.5 Å². The van der Waals surface area contributed by atoms with Gasteiger partial charge in [0.2, 0.25) is 0 Å². The molecule has 4 aromatic carbocycles. The summed E-state index contributed by atoms with van der Waals surface area (Å²) in [5, 5.41) is 0. The fourth-order valence-electron chi connectivity index (χ4n) is 7.91. The minimum Gasteiger partial charge on any atom is -0.398 e. The van der Waals surface area contributed by atoms with Crippen LogP contribution in [0.2, 0.25) is 0 Å². The minimum absolute atomic E-state index is 0.126. The van der Waals surface area contributed by atoms with Crippen LogP contribution in [0.5, 0.6) is 0 Å². The van der Waals surface area contributed by atoms with Gasteiger partial charge in [0.25, 0.3) is 0 Å². The summed E-state index contributed by atoms with van der Waals surface area (Å²) < 4.78 is 0. The second kappa shape index (κ2) is 23.7. The molecule has 0 aliphatic heterocycles. The molecule has 0 unspecified atom stereocenters. The predicted octanol–water partition coefficient (Wildman–Crippen LogP) is 14.9. The maximum absolute atomic E-state index is 14.5. The number of hydrogen-bond donors (Lipinski definition) is 2. The number of fused-ring (bicyclic) bond motifs is 2. The molecule has 0 heterocycles. The Morgan fingerprint density at radius 1 is 0.411 bits per heavy atom. The van der Waals surface area contributed by atoms with Gasteiger partial charge in [0.1, 0.15) is 0 Å². The van der Waals surface area contributed by atoms with Gasteiger partial charge in [0.05, 0.1) is 0 Å². The van der Waals surface area contributed by atoms with E-state index in [1.165, 1.54) is 163 Å². The van der Waals surface area contributed by atoms with E-state index in [0.717, 1.165) is 32.4 Å². The Hall–Kier alpha value is -3.48. The molecule has 0 spiro atoms. The van der Waals surface area contributed by atoms with E-state index in [1.54, 1.807) is 12.1 Å². The molecule has 0 bridgehead atoms. The Balaban J connectivity index is 1.17. The van der Waals surface area contributed by atoms with E-state index in [2.05, 4.69) is 50.2 Å². The third-order valence-corrected chi connectivity index (χ3v) is 13.5. The first-order valence-corrected chi connectivity index (χ1v) is 23.5. The van der Waals surface area contributed by atoms with E-state index in [9.17, 15) is 9.59 Å². The minimum atomic E-state index is -0.131. The van der Waals surface area contributed by atoms with Gasteiger partial charge in [0.15, 0.2) is 11.6 Å². The Morgan fingerprint density at radius 2 is 0.768 bits per heavy atom. The van der Waals surface area contributed by atoms with Gasteiger partial charge in [-0.3, -0.25) is 9.59 Å². The van der Waals surface area contributed by atoms with Crippen LogP contribution in [0.3, 0.4) is 0 Å². The molecule has 1 aliphatic carbocycles. The number of carbonyl (C=O) groups is 2. The number of nitrogen functional groups attached to an aromatic ring is 2. The van der Waals surface area contributed by atoms with Gasteiger partial charge >= 0.3 is 0 Å². The number of nitrogens with two attached hydrogens (primary N) is 2. The SMILES string of the molecule is CCCCCCCCCCCCc1ccc(Sc2cccc3c2C(=O)c2c(Sc4ccc(CCCCCCCCCCCC)cc4N)cccc2C3=O)c(N)c1. The average Bonchev–Trinajstić information content (AvgIpc) is 3.20. The van der Waals surface area contributed by atoms with Gasteiger partial charge in [-0.2, -0.15) is 0 Å². The fourth-order valence-corrected chi connectivity index (χ4v) is 9.91. The van der Waals surface area contributed by atoms with Crippen molar-refractivity contribution in [2.45, 2.75) is 175 Å². The Labute approximate surface area is 346 Å². The van der Waals surface area contributed by atoms with E-state index >= 15 is 0 Å². The molecule has 0 saturated heterocycles. The van der Waals surface area contributed by atoms with Crippen molar-refractivity contribution in [1.29, 1.82) is 0 Å². The summed E-state index contributed by atoms with van der Waals surface area (Å²) in [4.78, 5) is 31.7. The van der Waals surface area contributed by atoms with E-state index in [1.807, 2.05) is 24.3 Å². The molecule has 6 heteroatoms. The lowest BCUT2D eigenvalue weighted by Crippen LogP contribution is -2.22. The summed E-state index contributed by atoms with van der Waals surface area (Å²) in [7, 11) is 0. The van der Waals surface area contributed by atoms with Crippen molar-refractivity contribution in [1.82, 2.24) is 0 Å². The number of rotatable bonds is 26. The lowest BCUT2D eigenvalue weighted by Gasteiger charge is -2.22. The van der Waals surface area contributed by atoms with Crippen molar-refractivity contribution in [2.75, 3.05) is 11.5 Å². The van der Waals surface area contributed by atoms with Gasteiger partial charge in [-0.1, -0.05) is 189 Å². The third kappa shape index (κ3) is 12.8. The quantitative estimate of drug-likeness (QED) is 0.0428. The Kier molecular flexibility index (Phi) is 18.5. The second-order valence-electron chi connectivity index (χ2n) is 15.8. The number of aryl methyl sites for hydroxylation is 2. The van der Waals surface area contributed by atoms with Crippen molar-refractivity contribution in [2.24, 2.45) is 0 Å². The smallest absolute Gasteiger partial charge is 0.196 e. The van der Waals surface area contributed by atoms with Gasteiger partial charge < -0.3 is 11.5 Å². The van der Waals surface area contributed by atoms with Crippen LogP contribution in [0, 0.1) is 0 Å². The predicted molar refractivity (Wildman–Crippen MR) is 241 cm³/mol. The maximum Gasteiger partial charge on any atom is 0.196 e. The maximum atomic E-state index is 14.5. The molecular weight excluding hydrogens is 725 g/mol. The highest BCUT2D eigenvalue weighted by Crippen LogP contribution is 2.43. The van der Waals surface area contributed by atoms with Crippen LogP contribution in [-0.4, -0.2) is 11.6 Å². The normalized spacial score (nSPS) is 12.2. The standard InChI is InChI=1S/C50H66N2O2S2/c1-3-5-7-9-11-13-15-17-19-21-25-37-31-33-43(41(51)35-37)55-45-29-23-27-39-47(45)50(54)48-40(49(39)53)28-24-30-46(48)56-44-34-32-38(36-42(44)52)26-22-20-18-16-14-12-10-8-6-4-2/h23-24,27-36H,3-22,25-26,51-52H2,1-2H3. The van der Waals surface area contributed by atoms with Crippen LogP contribution in [0.4, 0.5) is 11.4 Å². The van der Waals surface area contributed by atoms with E-state index in [-0.39, 0.29) is 11.6 Å². The van der Waals surface area contributed by atoms with Gasteiger partial charge in [-0.25, -0.2) is 0 Å². The van der Waals surface area contributed by atoms with Gasteiger partial charge in [-0.15, -0.1) is 0 Å². The molecule has 56 heavy (non-hydrogen) atoms. The molecular formula is C50H66N2O2S2. The molecule has 0 amide bonds. The number of ketones is 2. The van der Waals surface area contributed by atoms with Crippen molar-refractivity contribution in [3.8, 4) is 0 Å². The largest absolute Gasteiger partial charge is 0.398 e. The van der Waals surface area contributed by atoms with Gasteiger partial charge in [-0.05, 0) is 73.2 Å². The molecule has 5 rings (SSSR count). The molecule has 0 aromatic heterocycles. The van der Waals surface area contributed by atoms with E-state index < -0.39 is 0 Å². The fraction of sp³-hybridized carbons (Fsp3) is 0.480. The zero-order chi connectivity index (χ0) is 39.5. The molecule has 4 N–H and O–H groups in total. The van der Waals surface area contributed by atoms with Gasteiger partial charge in [0, 0.05) is 53.2 Å². The number of hydrogen-bond acceptors (Lipinski definition) is 6. The van der Waals surface area contributed by atoms with Crippen LogP contribution >= 0.6 is 23.5 Å². The molecule has 0 saturated carbocycles. The summed E-state index contributed by atoms with van der Waals surface area (Å²) in [5.74, 6) is -0.257. The van der Waals surface area contributed by atoms with Crippen LogP contribution in [-0.2, 0) is 12.8 Å². The highest BCUT2D eigenvalue weighted by atomic mass is 32.2. The highest BCUT2D eigenvalue weighted by molar-refractivity contribution is 8.00. The molecule has 0 radical (unpaired) electrons. The lowest BCUT2D eigenvalue weighted by molar-refractivity contribution is 0.0974. The molecule has 0 atom stereocenters. The summed E-state index contributed by atoms with van der Waals surface area (Å²) in [6.45, 7) is 4.54. The zero-order valence-corrected chi connectivity index (χ0v) is 35.9. The summed E-state index contributed by atoms with van der Waals surface area (Å²) in [5.41, 5.74) is 18.9. The van der Waals surface area contributed by atoms with Crippen LogP contribution < -0.4 is 11.5 Å². The van der Waals surface area contributed by atoms with Crippen LogP contribution in [0.1, 0.15) is 185 Å². The molecule has 4 nitrogen and oxygen atoms in total. The number of carbonyl (C=O) groups excluding carboxylic acids is 2. The van der Waals surface area contributed by atoms with Crippen molar-refractivity contribution < 1.29 is 9.59 Å². The highest BCUT2D eigenvalue weighted by Gasteiger charge is 2.34. The average molecular weight is 791 g/mol. The number of unbranched alkanes of at least 4 members (excludes halogenated alkanes) is 18. The van der Waals surface area contributed by atoms with Crippen molar-refractivity contribution >= 4 is 46.5 Å². The first kappa shape index (κ1) is 43.6. The lowest BCUT2D eigenvalue weighted by atomic mass is 9.84. The topological polar surface area (TPSA) is 86.2 Å². The molecule has 4 aromatic rings. The Morgan fingerprint density at radius 3 is 1.12 bits per heavy atom. The van der Waals surface area contributed by atoms with Crippen molar-refractivity contribution in [3.63, 3.8) is 0 Å². The third-order valence-electron chi connectivity index (χ3n) is 11.2. The monoisotopic (exact) mass is 790 g/mol. The molecule has 1 aliphatic rings.